The van der Waals surface area contributed by atoms with E-state index in [1.54, 1.807) is 40.7 Å². The minimum Gasteiger partial charge on any atom is -0.454 e. The lowest BCUT2D eigenvalue weighted by Gasteiger charge is -2.42. The molecule has 7 aliphatic rings. The first kappa shape index (κ1) is 26.7. The van der Waals surface area contributed by atoms with Gasteiger partial charge in [-0.2, -0.15) is 0 Å². The number of carbonyl (C=O) groups is 4. The molecule has 3 N–H and O–H groups in total. The zero-order chi connectivity index (χ0) is 29.0. The van der Waals surface area contributed by atoms with Gasteiger partial charge in [0.15, 0.2) is 5.60 Å². The van der Waals surface area contributed by atoms with Crippen LogP contribution in [0.25, 0.3) is 0 Å². The van der Waals surface area contributed by atoms with Gasteiger partial charge in [-0.1, -0.05) is 13.8 Å². The molecule has 7 rings (SSSR count). The molecule has 0 unspecified atom stereocenters. The zero-order valence-corrected chi connectivity index (χ0v) is 23.3. The van der Waals surface area contributed by atoms with Gasteiger partial charge in [-0.15, -0.1) is 0 Å². The van der Waals surface area contributed by atoms with E-state index in [4.69, 9.17) is 18.9 Å². The fraction of sp³-hybridized carbons (Fsp3) is 0.793. The average molecular weight is 561 g/mol. The van der Waals surface area contributed by atoms with Gasteiger partial charge in [0.1, 0.15) is 18.3 Å². The molecule has 218 valence electrons. The van der Waals surface area contributed by atoms with Crippen LogP contribution in [0, 0.1) is 35.0 Å². The second-order valence-corrected chi connectivity index (χ2v) is 14.1. The Balaban J connectivity index is 1.38. The zero-order valence-electron chi connectivity index (χ0n) is 23.3. The maximum absolute atomic E-state index is 14.4. The van der Waals surface area contributed by atoms with Crippen LogP contribution in [0.3, 0.4) is 0 Å². The Hall–Kier alpha value is -2.18. The standard InChI is InChI=1S/C29H36O11/c1-12-8-15(37-23(12)34)18-13(2)21(32)25(5)6-7-26-11-27-16(24(3,4)39-28(27,35)10-17(31)38-27)9-14(30)19(26)22(33)29(36,40-26)20(18)25/h8,13-16,18-20,30,35-36H,6-7,9-11H2,1-5H3/t13-,14+,15-,16+,18-,19+,20+,25+,26+,27-,28-,29-/m1/s1. The van der Waals surface area contributed by atoms with Crippen molar-refractivity contribution in [2.75, 3.05) is 0 Å². The van der Waals surface area contributed by atoms with Gasteiger partial charge < -0.3 is 34.3 Å². The molecule has 6 fully saturated rings. The van der Waals surface area contributed by atoms with Crippen molar-refractivity contribution in [3.8, 4) is 0 Å². The van der Waals surface area contributed by atoms with Gasteiger partial charge in [-0.05, 0) is 46.1 Å². The monoisotopic (exact) mass is 560 g/mol. The molecule has 0 aromatic heterocycles. The third-order valence-corrected chi connectivity index (χ3v) is 11.6. The Morgan fingerprint density at radius 2 is 1.70 bits per heavy atom. The summed E-state index contributed by atoms with van der Waals surface area (Å²) in [5, 5.41) is 35.7. The smallest absolute Gasteiger partial charge is 0.334 e. The number of rotatable bonds is 1. The van der Waals surface area contributed by atoms with Crippen LogP contribution < -0.4 is 0 Å². The molecule has 5 heterocycles. The van der Waals surface area contributed by atoms with Gasteiger partial charge in [0, 0.05) is 41.1 Å². The highest BCUT2D eigenvalue weighted by atomic mass is 16.7. The number of ketones is 2. The van der Waals surface area contributed by atoms with Gasteiger partial charge >= 0.3 is 11.9 Å². The molecule has 2 bridgehead atoms. The van der Waals surface area contributed by atoms with E-state index in [2.05, 4.69) is 0 Å². The number of ether oxygens (including phenoxy) is 4. The summed E-state index contributed by atoms with van der Waals surface area (Å²) in [6.07, 6.45) is -0.878. The number of Topliss-reactive ketones (excluding diaryl/α,β-unsaturated/α-hetero) is 2. The Morgan fingerprint density at radius 3 is 2.35 bits per heavy atom. The Labute approximate surface area is 231 Å². The molecule has 40 heavy (non-hydrogen) atoms. The van der Waals surface area contributed by atoms with Crippen LogP contribution in [0.4, 0.5) is 0 Å². The van der Waals surface area contributed by atoms with Crippen molar-refractivity contribution < 1.29 is 53.4 Å². The molecule has 0 radical (unpaired) electrons. The molecule has 5 aliphatic heterocycles. The summed E-state index contributed by atoms with van der Waals surface area (Å²) in [6, 6.07) is 0. The lowest BCUT2D eigenvalue weighted by Crippen LogP contribution is -2.56. The summed E-state index contributed by atoms with van der Waals surface area (Å²) in [5.74, 6) is -10.9. The maximum Gasteiger partial charge on any atom is 0.334 e. The molecular weight excluding hydrogens is 524 g/mol. The number of carbonyl (C=O) groups excluding carboxylic acids is 4. The lowest BCUT2D eigenvalue weighted by atomic mass is 9.62. The van der Waals surface area contributed by atoms with Crippen molar-refractivity contribution in [1.29, 1.82) is 0 Å². The molecule has 0 amide bonds. The molecule has 2 saturated carbocycles. The van der Waals surface area contributed by atoms with Crippen LogP contribution in [-0.4, -0.2) is 79.4 Å². The van der Waals surface area contributed by atoms with Crippen LogP contribution in [0.5, 0.6) is 0 Å². The van der Waals surface area contributed by atoms with Gasteiger partial charge in [0.2, 0.25) is 17.4 Å². The van der Waals surface area contributed by atoms with E-state index in [-0.39, 0.29) is 31.5 Å². The van der Waals surface area contributed by atoms with Crippen LogP contribution in [0.15, 0.2) is 11.6 Å². The predicted octanol–water partition coefficient (Wildman–Crippen LogP) is 0.706. The summed E-state index contributed by atoms with van der Waals surface area (Å²) in [4.78, 5) is 53.2. The van der Waals surface area contributed by atoms with Crippen molar-refractivity contribution in [2.45, 2.75) is 107 Å². The Kier molecular flexibility index (Phi) is 4.95. The summed E-state index contributed by atoms with van der Waals surface area (Å²) >= 11 is 0. The van der Waals surface area contributed by atoms with E-state index in [9.17, 15) is 34.5 Å². The molecule has 4 saturated heterocycles. The summed E-state index contributed by atoms with van der Waals surface area (Å²) in [7, 11) is 0. The SMILES string of the molecule is CC1=C[C@H]([C@@H]2[C@@H]3[C@@]4(O)O[C@@]5(CC[C@]3(C)C(=O)[C@@H]2C)C[C@]23OC(=O)C[C@@]2(O)OC(C)(C)[C@@H]3C[C@H](O)[C@H]5C4=O)OC1=O. The molecule has 0 aromatic rings. The quantitative estimate of drug-likeness (QED) is 0.387. The molecule has 2 spiro atoms. The molecular formula is C29H36O11. The van der Waals surface area contributed by atoms with Gasteiger partial charge in [-0.25, -0.2) is 4.79 Å². The third-order valence-electron chi connectivity index (χ3n) is 11.6. The fourth-order valence-electron chi connectivity index (χ4n) is 10.1. The first-order valence-electron chi connectivity index (χ1n) is 14.2. The van der Waals surface area contributed by atoms with Crippen molar-refractivity contribution in [3.63, 3.8) is 0 Å². The van der Waals surface area contributed by atoms with Crippen LogP contribution in [-0.2, 0) is 38.1 Å². The van der Waals surface area contributed by atoms with E-state index < -0.39 is 99.7 Å². The van der Waals surface area contributed by atoms with Crippen LogP contribution >= 0.6 is 0 Å². The van der Waals surface area contributed by atoms with E-state index >= 15 is 0 Å². The van der Waals surface area contributed by atoms with E-state index in [1.807, 2.05) is 0 Å². The number of fused-ring (bicyclic) bond motifs is 3. The highest BCUT2D eigenvalue weighted by Gasteiger charge is 2.83. The minimum absolute atomic E-state index is 0.0386. The highest BCUT2D eigenvalue weighted by molar-refractivity contribution is 5.97. The van der Waals surface area contributed by atoms with Crippen LogP contribution in [0.2, 0.25) is 0 Å². The van der Waals surface area contributed by atoms with E-state index in [0.29, 0.717) is 5.57 Å². The summed E-state index contributed by atoms with van der Waals surface area (Å²) in [6.45, 7) is 8.53. The highest BCUT2D eigenvalue weighted by Crippen LogP contribution is 2.69. The molecule has 2 aliphatic carbocycles. The molecule has 12 atom stereocenters. The number of cyclic esters (lactones) is 1. The summed E-state index contributed by atoms with van der Waals surface area (Å²) < 4.78 is 24.1. The summed E-state index contributed by atoms with van der Waals surface area (Å²) in [5.41, 5.74) is -5.02. The third kappa shape index (κ3) is 2.83. The number of aliphatic hydroxyl groups is 3. The normalized spacial score (nSPS) is 56.0. The fourth-order valence-corrected chi connectivity index (χ4v) is 10.1. The number of hydrogen-bond acceptors (Lipinski definition) is 11. The van der Waals surface area contributed by atoms with Crippen molar-refractivity contribution in [3.05, 3.63) is 11.6 Å². The molecule has 11 nitrogen and oxygen atoms in total. The second kappa shape index (κ2) is 7.42. The molecule has 11 heteroatoms. The van der Waals surface area contributed by atoms with Crippen molar-refractivity contribution in [2.24, 2.45) is 35.0 Å². The predicted molar refractivity (Wildman–Crippen MR) is 132 cm³/mol. The van der Waals surface area contributed by atoms with Gasteiger partial charge in [0.05, 0.1) is 23.2 Å². The maximum atomic E-state index is 14.4. The number of hydrogen-bond donors (Lipinski definition) is 3. The Morgan fingerprint density at radius 1 is 1.00 bits per heavy atom. The van der Waals surface area contributed by atoms with Gasteiger partial charge in [0.25, 0.3) is 0 Å². The minimum atomic E-state index is -2.49. The number of aliphatic hydroxyl groups excluding tert-OH is 1. The average Bonchev–Trinajstić information content (AvgIpc) is 3.42. The second-order valence-electron chi connectivity index (χ2n) is 14.1. The topological polar surface area (TPSA) is 166 Å². The molecule has 0 aromatic carbocycles. The Bertz CT molecular complexity index is 1300. The van der Waals surface area contributed by atoms with Crippen molar-refractivity contribution in [1.82, 2.24) is 0 Å². The largest absolute Gasteiger partial charge is 0.454 e. The number of esters is 2. The first-order chi connectivity index (χ1) is 18.4. The van der Waals surface area contributed by atoms with Crippen LogP contribution in [0.1, 0.15) is 66.7 Å². The van der Waals surface area contributed by atoms with E-state index in [0.717, 1.165) is 0 Å². The van der Waals surface area contributed by atoms with Gasteiger partial charge in [-0.3, -0.25) is 14.4 Å². The lowest BCUT2D eigenvalue weighted by molar-refractivity contribution is -0.284. The first-order valence-corrected chi connectivity index (χ1v) is 14.2. The van der Waals surface area contributed by atoms with E-state index in [1.165, 1.54) is 0 Å². The van der Waals surface area contributed by atoms with Crippen molar-refractivity contribution >= 4 is 23.5 Å².